The number of nitrogens with zero attached hydrogens (tertiary/aromatic N) is 5. The Labute approximate surface area is 124 Å². The van der Waals surface area contributed by atoms with E-state index < -0.39 is 10.8 Å². The van der Waals surface area contributed by atoms with Gasteiger partial charge in [0.2, 0.25) is 11.9 Å². The van der Waals surface area contributed by atoms with E-state index in [0.717, 1.165) is 17.1 Å². The summed E-state index contributed by atoms with van der Waals surface area (Å²) in [6.45, 7) is -0.217. The van der Waals surface area contributed by atoms with Crippen molar-refractivity contribution in [2.24, 2.45) is 0 Å². The molecule has 2 heterocycles. The minimum Gasteiger partial charge on any atom is -0.490 e. The largest absolute Gasteiger partial charge is 0.490 e. The molecule has 2 rings (SSSR count). The lowest BCUT2D eigenvalue weighted by molar-refractivity contribution is -0.385. The molecule has 2 aromatic heterocycles. The van der Waals surface area contributed by atoms with E-state index in [0.29, 0.717) is 5.75 Å². The van der Waals surface area contributed by atoms with Crippen LogP contribution >= 0.6 is 0 Å². The van der Waals surface area contributed by atoms with Crippen molar-refractivity contribution in [1.29, 1.82) is 0 Å². The highest BCUT2D eigenvalue weighted by atomic mass is 16.6. The Morgan fingerprint density at radius 3 is 2.77 bits per heavy atom. The minimum atomic E-state index is -0.598. The zero-order chi connectivity index (χ0) is 16.1. The molecule has 0 radical (unpaired) electrons. The van der Waals surface area contributed by atoms with Gasteiger partial charge in [0.1, 0.15) is 18.9 Å². The van der Waals surface area contributed by atoms with Crippen LogP contribution in [-0.2, 0) is 11.3 Å². The summed E-state index contributed by atoms with van der Waals surface area (Å²) in [5.41, 5.74) is -0.199. The van der Waals surface area contributed by atoms with Crippen LogP contribution in [0.1, 0.15) is 0 Å². The topological polar surface area (TPSA) is 134 Å². The van der Waals surface area contributed by atoms with Crippen LogP contribution in [0, 0.1) is 10.1 Å². The molecule has 0 unspecified atom stereocenters. The van der Waals surface area contributed by atoms with Crippen LogP contribution in [0.5, 0.6) is 11.6 Å². The normalized spacial score (nSPS) is 10.1. The number of nitrogens with one attached hydrogen (secondary N) is 1. The molecule has 0 spiro atoms. The third kappa shape index (κ3) is 3.45. The standard InChI is InChI=1S/C11H12N6O5/c1-21-8-4-12-11(15-10(8)22-2)14-9(18)6-16-5-7(3-13-16)17(19)20/h3-5H,6H2,1-2H3,(H,12,14,15,18). The maximum Gasteiger partial charge on any atom is 0.307 e. The van der Waals surface area contributed by atoms with E-state index in [1.165, 1.54) is 20.4 Å². The molecule has 0 aromatic carbocycles. The molecule has 0 atom stereocenters. The van der Waals surface area contributed by atoms with Gasteiger partial charge < -0.3 is 9.47 Å². The Hall–Kier alpha value is -3.24. The highest BCUT2D eigenvalue weighted by Crippen LogP contribution is 2.23. The SMILES string of the molecule is COc1cnc(NC(=O)Cn2cc([N+](=O)[O-])cn2)nc1OC. The first-order chi connectivity index (χ1) is 10.5. The van der Waals surface area contributed by atoms with E-state index >= 15 is 0 Å². The average molecular weight is 308 g/mol. The summed E-state index contributed by atoms with van der Waals surface area (Å²) < 4.78 is 11.1. The second kappa shape index (κ2) is 6.47. The molecule has 0 saturated heterocycles. The molecular weight excluding hydrogens is 296 g/mol. The van der Waals surface area contributed by atoms with Crippen LogP contribution in [0.4, 0.5) is 11.6 Å². The van der Waals surface area contributed by atoms with Crippen LogP contribution in [0.15, 0.2) is 18.6 Å². The maximum atomic E-state index is 11.8. The number of aromatic nitrogens is 4. The lowest BCUT2D eigenvalue weighted by Crippen LogP contribution is -2.20. The van der Waals surface area contributed by atoms with Crippen molar-refractivity contribution in [3.63, 3.8) is 0 Å². The predicted octanol–water partition coefficient (Wildman–Crippen LogP) is 0.237. The number of rotatable bonds is 6. The molecule has 22 heavy (non-hydrogen) atoms. The van der Waals surface area contributed by atoms with Gasteiger partial charge in [-0.25, -0.2) is 4.98 Å². The van der Waals surface area contributed by atoms with Crippen LogP contribution in [0.3, 0.4) is 0 Å². The van der Waals surface area contributed by atoms with Gasteiger partial charge in [0.25, 0.3) is 5.88 Å². The molecular formula is C11H12N6O5. The van der Waals surface area contributed by atoms with Crippen molar-refractivity contribution in [3.8, 4) is 11.6 Å². The van der Waals surface area contributed by atoms with Crippen molar-refractivity contribution < 1.29 is 19.2 Å². The minimum absolute atomic E-state index is 0.0179. The molecule has 1 N–H and O–H groups in total. The van der Waals surface area contributed by atoms with Crippen molar-refractivity contribution in [1.82, 2.24) is 19.7 Å². The molecule has 11 heteroatoms. The molecule has 0 fully saturated rings. The molecule has 1 amide bonds. The highest BCUT2D eigenvalue weighted by molar-refractivity contribution is 5.88. The maximum absolute atomic E-state index is 11.8. The van der Waals surface area contributed by atoms with Crippen molar-refractivity contribution >= 4 is 17.5 Å². The number of anilines is 1. The fourth-order valence-electron chi connectivity index (χ4n) is 1.55. The van der Waals surface area contributed by atoms with Crippen LogP contribution < -0.4 is 14.8 Å². The number of carbonyl (C=O) groups excluding carboxylic acids is 1. The zero-order valence-corrected chi connectivity index (χ0v) is 11.7. The third-order valence-corrected chi connectivity index (χ3v) is 2.52. The highest BCUT2D eigenvalue weighted by Gasteiger charge is 2.13. The van der Waals surface area contributed by atoms with Gasteiger partial charge in [-0.15, -0.1) is 0 Å². The molecule has 0 aliphatic heterocycles. The van der Waals surface area contributed by atoms with E-state index in [1.54, 1.807) is 0 Å². The monoisotopic (exact) mass is 308 g/mol. The quantitative estimate of drug-likeness (QED) is 0.592. The van der Waals surface area contributed by atoms with Crippen molar-refractivity contribution in [2.45, 2.75) is 6.54 Å². The van der Waals surface area contributed by atoms with Crippen LogP contribution in [0.2, 0.25) is 0 Å². The first-order valence-electron chi connectivity index (χ1n) is 5.95. The van der Waals surface area contributed by atoms with E-state index in [9.17, 15) is 14.9 Å². The van der Waals surface area contributed by atoms with Gasteiger partial charge in [0, 0.05) is 0 Å². The van der Waals surface area contributed by atoms with E-state index in [4.69, 9.17) is 9.47 Å². The Morgan fingerprint density at radius 1 is 1.41 bits per heavy atom. The van der Waals surface area contributed by atoms with Crippen molar-refractivity contribution in [3.05, 3.63) is 28.7 Å². The van der Waals surface area contributed by atoms with Crippen LogP contribution in [-0.4, -0.2) is 44.8 Å². The Balaban J connectivity index is 2.03. The second-order valence-electron chi connectivity index (χ2n) is 3.97. The first-order valence-corrected chi connectivity index (χ1v) is 5.95. The van der Waals surface area contributed by atoms with Gasteiger partial charge in [-0.3, -0.25) is 24.9 Å². The van der Waals surface area contributed by atoms with E-state index in [-0.39, 0.29) is 24.1 Å². The van der Waals surface area contributed by atoms with E-state index in [2.05, 4.69) is 20.4 Å². The summed E-state index contributed by atoms with van der Waals surface area (Å²) in [5.74, 6) is 0.0141. The Kier molecular flexibility index (Phi) is 4.46. The predicted molar refractivity (Wildman–Crippen MR) is 72.6 cm³/mol. The summed E-state index contributed by atoms with van der Waals surface area (Å²) in [7, 11) is 2.84. The third-order valence-electron chi connectivity index (χ3n) is 2.52. The molecule has 0 bridgehead atoms. The molecule has 116 valence electrons. The van der Waals surface area contributed by atoms with Crippen LogP contribution in [0.25, 0.3) is 0 Å². The van der Waals surface area contributed by atoms with Gasteiger partial charge >= 0.3 is 5.69 Å². The number of methoxy groups -OCH3 is 2. The van der Waals surface area contributed by atoms with Gasteiger partial charge in [0.05, 0.1) is 25.3 Å². The summed E-state index contributed by atoms with van der Waals surface area (Å²) >= 11 is 0. The van der Waals surface area contributed by atoms with E-state index in [1.807, 2.05) is 0 Å². The first kappa shape index (κ1) is 15.2. The van der Waals surface area contributed by atoms with Gasteiger partial charge in [-0.2, -0.15) is 10.1 Å². The van der Waals surface area contributed by atoms with Gasteiger partial charge in [0.15, 0.2) is 5.75 Å². The lowest BCUT2D eigenvalue weighted by atomic mass is 10.5. The number of nitro groups is 1. The average Bonchev–Trinajstić information content (AvgIpc) is 2.95. The lowest BCUT2D eigenvalue weighted by Gasteiger charge is -2.08. The van der Waals surface area contributed by atoms with Crippen molar-refractivity contribution in [2.75, 3.05) is 19.5 Å². The fraction of sp³-hybridized carbons (Fsp3) is 0.273. The van der Waals surface area contributed by atoms with Gasteiger partial charge in [-0.05, 0) is 0 Å². The smallest absolute Gasteiger partial charge is 0.307 e. The number of carbonyl (C=O) groups is 1. The Bertz CT molecular complexity index is 700. The zero-order valence-electron chi connectivity index (χ0n) is 11.7. The molecule has 0 aliphatic rings. The molecule has 0 aliphatic carbocycles. The fourth-order valence-corrected chi connectivity index (χ4v) is 1.55. The number of amides is 1. The number of hydrogen-bond donors (Lipinski definition) is 1. The summed E-state index contributed by atoms with van der Waals surface area (Å²) in [6, 6.07) is 0. The molecule has 2 aromatic rings. The van der Waals surface area contributed by atoms with Gasteiger partial charge in [-0.1, -0.05) is 0 Å². The summed E-state index contributed by atoms with van der Waals surface area (Å²) in [5, 5.41) is 16.7. The molecule has 0 saturated carbocycles. The summed E-state index contributed by atoms with van der Waals surface area (Å²) in [6.07, 6.45) is 3.55. The number of hydrogen-bond acceptors (Lipinski definition) is 8. The second-order valence-corrected chi connectivity index (χ2v) is 3.97. The Morgan fingerprint density at radius 2 is 2.18 bits per heavy atom. The summed E-state index contributed by atoms with van der Waals surface area (Å²) in [4.78, 5) is 29.6. The number of ether oxygens (including phenoxy) is 2. The molecule has 11 nitrogen and oxygen atoms in total.